The Kier molecular flexibility index (Phi) is 3.48. The van der Waals surface area contributed by atoms with E-state index < -0.39 is 17.4 Å². The monoisotopic (exact) mass is 347 g/mol. The van der Waals surface area contributed by atoms with Gasteiger partial charge in [0, 0.05) is 10.7 Å². The van der Waals surface area contributed by atoms with Crippen molar-refractivity contribution in [2.45, 2.75) is 31.7 Å². The number of nitrogens with zero attached hydrogens (tertiary/aromatic N) is 1. The lowest BCUT2D eigenvalue weighted by molar-refractivity contribution is -0.156. The Labute approximate surface area is 145 Å². The largest absolute Gasteiger partial charge is 0.463 e. The molecule has 1 aromatic carbocycles. The molecule has 0 N–H and O–H groups in total. The lowest BCUT2D eigenvalue weighted by Crippen LogP contribution is -2.40. The minimum Gasteiger partial charge on any atom is -0.463 e. The zero-order valence-corrected chi connectivity index (χ0v) is 14.2. The molecule has 1 spiro atoms. The Morgan fingerprint density at radius 2 is 2.25 bits per heavy atom. The fourth-order valence-electron chi connectivity index (χ4n) is 3.94. The summed E-state index contributed by atoms with van der Waals surface area (Å²) in [7, 11) is 0. The van der Waals surface area contributed by atoms with Crippen LogP contribution < -0.4 is 4.90 Å². The van der Waals surface area contributed by atoms with Gasteiger partial charge in [-0.15, -0.1) is 0 Å². The van der Waals surface area contributed by atoms with Crippen molar-refractivity contribution >= 4 is 29.2 Å². The van der Waals surface area contributed by atoms with Gasteiger partial charge in [-0.25, -0.2) is 0 Å². The van der Waals surface area contributed by atoms with Gasteiger partial charge in [0.05, 0.1) is 24.7 Å². The van der Waals surface area contributed by atoms with Crippen LogP contribution in [0.25, 0.3) is 0 Å². The molecule has 2 saturated heterocycles. The highest BCUT2D eigenvalue weighted by molar-refractivity contribution is 6.31. The van der Waals surface area contributed by atoms with Crippen LogP contribution in [0.1, 0.15) is 13.8 Å². The summed E-state index contributed by atoms with van der Waals surface area (Å²) in [5, 5.41) is 0.561. The van der Waals surface area contributed by atoms with Gasteiger partial charge in [0.1, 0.15) is 11.5 Å². The highest BCUT2D eigenvalue weighted by Gasteiger charge is 2.67. The molecule has 2 fully saturated rings. The van der Waals surface area contributed by atoms with Gasteiger partial charge in [-0.2, -0.15) is 0 Å². The Morgan fingerprint density at radius 3 is 2.96 bits per heavy atom. The summed E-state index contributed by atoms with van der Waals surface area (Å²) >= 11 is 6.05. The summed E-state index contributed by atoms with van der Waals surface area (Å²) < 4.78 is 11.4. The topological polar surface area (TPSA) is 55.8 Å². The number of esters is 1. The fourth-order valence-corrected chi connectivity index (χ4v) is 4.13. The number of amides is 1. The van der Waals surface area contributed by atoms with Crippen LogP contribution in [0.2, 0.25) is 5.02 Å². The van der Waals surface area contributed by atoms with Crippen LogP contribution >= 0.6 is 11.6 Å². The molecule has 4 rings (SSSR count). The molecular formula is C18H18ClNO4. The number of hydrogen-bond donors (Lipinski definition) is 0. The van der Waals surface area contributed by atoms with Crippen molar-refractivity contribution in [2.24, 2.45) is 11.8 Å². The maximum atomic E-state index is 13.0. The van der Waals surface area contributed by atoms with Crippen LogP contribution in [0, 0.1) is 11.8 Å². The Hall–Kier alpha value is -1.85. The number of benzene rings is 1. The molecule has 0 saturated carbocycles. The normalized spacial score (nSPS) is 33.4. The van der Waals surface area contributed by atoms with E-state index in [1.54, 1.807) is 36.9 Å². The minimum atomic E-state index is -0.745. The lowest BCUT2D eigenvalue weighted by atomic mass is 9.77. The molecule has 4 atom stereocenters. The molecular weight excluding hydrogens is 330 g/mol. The van der Waals surface area contributed by atoms with Crippen molar-refractivity contribution in [3.63, 3.8) is 0 Å². The predicted molar refractivity (Wildman–Crippen MR) is 88.8 cm³/mol. The number of anilines is 1. The predicted octanol–water partition coefficient (Wildman–Crippen LogP) is 2.58. The molecule has 1 amide bonds. The average Bonchev–Trinajstić information content (AvgIpc) is 3.15. The molecule has 0 aromatic heterocycles. The quantitative estimate of drug-likeness (QED) is 0.623. The third kappa shape index (κ3) is 2.19. The first kappa shape index (κ1) is 15.7. The zero-order valence-electron chi connectivity index (χ0n) is 13.4. The summed E-state index contributed by atoms with van der Waals surface area (Å²) in [6.45, 7) is 3.98. The van der Waals surface area contributed by atoms with Gasteiger partial charge >= 0.3 is 5.97 Å². The fraction of sp³-hybridized carbons (Fsp3) is 0.444. The summed E-state index contributed by atoms with van der Waals surface area (Å²) in [5.41, 5.74) is -0.0298. The lowest BCUT2D eigenvalue weighted by Gasteiger charge is -2.23. The van der Waals surface area contributed by atoms with Gasteiger partial charge in [0.2, 0.25) is 5.91 Å². The van der Waals surface area contributed by atoms with Gasteiger partial charge in [-0.05, 0) is 32.0 Å². The molecule has 5 nitrogen and oxygen atoms in total. The van der Waals surface area contributed by atoms with Gasteiger partial charge in [-0.3, -0.25) is 9.59 Å². The molecule has 3 aliphatic heterocycles. The molecule has 3 heterocycles. The van der Waals surface area contributed by atoms with Crippen LogP contribution in [-0.4, -0.2) is 36.2 Å². The number of fused-ring (bicyclic) bond motifs is 1. The van der Waals surface area contributed by atoms with Crippen molar-refractivity contribution in [3.8, 4) is 0 Å². The van der Waals surface area contributed by atoms with Crippen molar-refractivity contribution in [1.82, 2.24) is 0 Å². The minimum absolute atomic E-state index is 0.116. The SMILES string of the molecule is CC(C)OC(=O)[C@H]1[C@@H]2C=C[C@]3(CN(c4cccc(Cl)c4)C(=O)[C@H]13)O2. The Bertz CT molecular complexity index is 746. The summed E-state index contributed by atoms with van der Waals surface area (Å²) in [6.07, 6.45) is 3.19. The summed E-state index contributed by atoms with van der Waals surface area (Å²) in [4.78, 5) is 27.2. The van der Waals surface area contributed by atoms with E-state index in [0.717, 1.165) is 0 Å². The van der Waals surface area contributed by atoms with Crippen LogP contribution in [0.5, 0.6) is 0 Å². The maximum absolute atomic E-state index is 13.0. The second-order valence-corrected chi connectivity index (χ2v) is 7.23. The molecule has 24 heavy (non-hydrogen) atoms. The van der Waals surface area contributed by atoms with E-state index in [0.29, 0.717) is 17.3 Å². The third-order valence-corrected chi connectivity index (χ3v) is 5.08. The van der Waals surface area contributed by atoms with Gasteiger partial charge in [0.25, 0.3) is 0 Å². The number of halogens is 1. The van der Waals surface area contributed by atoms with E-state index in [2.05, 4.69) is 0 Å². The Balaban J connectivity index is 1.68. The molecule has 0 unspecified atom stereocenters. The van der Waals surface area contributed by atoms with E-state index in [1.807, 2.05) is 18.2 Å². The summed E-state index contributed by atoms with van der Waals surface area (Å²) in [6, 6.07) is 7.14. The molecule has 3 aliphatic rings. The molecule has 1 aromatic rings. The highest BCUT2D eigenvalue weighted by atomic mass is 35.5. The number of carbonyl (C=O) groups is 2. The van der Waals surface area contributed by atoms with E-state index >= 15 is 0 Å². The van der Waals surface area contributed by atoms with E-state index in [1.165, 1.54) is 0 Å². The van der Waals surface area contributed by atoms with Gasteiger partial charge in [-0.1, -0.05) is 29.8 Å². The van der Waals surface area contributed by atoms with Crippen LogP contribution in [0.4, 0.5) is 5.69 Å². The van der Waals surface area contributed by atoms with Crippen LogP contribution in [0.15, 0.2) is 36.4 Å². The standard InChI is InChI=1S/C18H18ClNO4/c1-10(2)23-17(22)14-13-6-7-18(24-13)9-20(16(21)15(14)18)12-5-3-4-11(19)8-12/h3-8,10,13-15H,9H2,1-2H3/t13-,14-,15-,18+/m0/s1. The van der Waals surface area contributed by atoms with Crippen LogP contribution in [0.3, 0.4) is 0 Å². The first-order chi connectivity index (χ1) is 11.4. The summed E-state index contributed by atoms with van der Waals surface area (Å²) in [5.74, 6) is -1.62. The first-order valence-electron chi connectivity index (χ1n) is 8.06. The second kappa shape index (κ2) is 5.33. The van der Waals surface area contributed by atoms with Crippen molar-refractivity contribution in [2.75, 3.05) is 11.4 Å². The number of ether oxygens (including phenoxy) is 2. The molecule has 126 valence electrons. The highest BCUT2D eigenvalue weighted by Crippen LogP contribution is 2.53. The molecule has 0 radical (unpaired) electrons. The smallest absolute Gasteiger partial charge is 0.313 e. The van der Waals surface area contributed by atoms with Crippen molar-refractivity contribution < 1.29 is 19.1 Å². The number of hydrogen-bond acceptors (Lipinski definition) is 4. The Morgan fingerprint density at radius 1 is 1.46 bits per heavy atom. The first-order valence-corrected chi connectivity index (χ1v) is 8.44. The maximum Gasteiger partial charge on any atom is 0.313 e. The third-order valence-electron chi connectivity index (χ3n) is 4.84. The number of rotatable bonds is 3. The number of carbonyl (C=O) groups excluding carboxylic acids is 2. The van der Waals surface area contributed by atoms with E-state index in [-0.39, 0.29) is 24.1 Å². The van der Waals surface area contributed by atoms with Gasteiger partial charge < -0.3 is 14.4 Å². The zero-order chi connectivity index (χ0) is 17.1. The molecule has 2 bridgehead atoms. The van der Waals surface area contributed by atoms with E-state index in [9.17, 15) is 9.59 Å². The van der Waals surface area contributed by atoms with Crippen molar-refractivity contribution in [1.29, 1.82) is 0 Å². The van der Waals surface area contributed by atoms with Gasteiger partial charge in [0.15, 0.2) is 0 Å². The average molecular weight is 348 g/mol. The van der Waals surface area contributed by atoms with Crippen LogP contribution in [-0.2, 0) is 19.1 Å². The molecule has 0 aliphatic carbocycles. The van der Waals surface area contributed by atoms with Crippen molar-refractivity contribution in [3.05, 3.63) is 41.4 Å². The molecule has 6 heteroatoms. The van der Waals surface area contributed by atoms with E-state index in [4.69, 9.17) is 21.1 Å². The second-order valence-electron chi connectivity index (χ2n) is 6.79.